The molecule has 0 aromatic heterocycles. The van der Waals surface area contributed by atoms with Crippen LogP contribution >= 0.6 is 0 Å². The predicted molar refractivity (Wildman–Crippen MR) is 544 cm³/mol. The first-order chi connectivity index (χ1) is 61.7. The third-order valence-corrected chi connectivity index (χ3v) is 27.5. The molecule has 16 aromatic rings. The molecule has 634 valence electrons. The number of hydrogen-bond donors (Lipinski definition) is 0. The van der Waals surface area contributed by atoms with E-state index in [0.29, 0.717) is 5.41 Å². The van der Waals surface area contributed by atoms with Crippen molar-refractivity contribution in [2.24, 2.45) is 23.2 Å². The lowest BCUT2D eigenvalue weighted by Crippen LogP contribution is -2.26. The predicted octanol–water partition coefficient (Wildman–Crippen LogP) is 34.7. The Kier molecular flexibility index (Phi) is 24.4. The second-order valence-electron chi connectivity index (χ2n) is 38.9. The molecule has 1 saturated carbocycles. The molecule has 9 aliphatic carbocycles. The highest BCUT2D eigenvalue weighted by Gasteiger charge is 2.56. The van der Waals surface area contributed by atoms with Crippen molar-refractivity contribution in [1.29, 1.82) is 0 Å². The topological polar surface area (TPSA) is 0 Å². The number of aryl methyl sites for hydroxylation is 4. The first kappa shape index (κ1) is 86.6. The van der Waals surface area contributed by atoms with Gasteiger partial charge in [0.05, 0.1) is 21.7 Å². The summed E-state index contributed by atoms with van der Waals surface area (Å²) in [7, 11) is 0. The summed E-state index contributed by atoms with van der Waals surface area (Å²) in [5.41, 5.74) is 49.8. The van der Waals surface area contributed by atoms with Crippen LogP contribution in [0.15, 0.2) is 364 Å². The van der Waals surface area contributed by atoms with Crippen LogP contribution in [0.4, 0.5) is 0 Å². The van der Waals surface area contributed by atoms with Crippen LogP contribution in [0.2, 0.25) is 0 Å². The maximum absolute atomic E-state index is 2.40. The molecule has 0 heteroatoms. The Morgan fingerprint density at radius 2 is 0.480 bits per heavy atom. The van der Waals surface area contributed by atoms with Crippen LogP contribution in [-0.4, -0.2) is 0 Å². The van der Waals surface area contributed by atoms with Crippen LogP contribution in [0, 0.1) is 50.9 Å². The fourth-order valence-corrected chi connectivity index (χ4v) is 22.4. The zero-order valence-corrected chi connectivity index (χ0v) is 78.1. The summed E-state index contributed by atoms with van der Waals surface area (Å²) in [6.45, 7) is 37.1. The van der Waals surface area contributed by atoms with Crippen molar-refractivity contribution in [2.75, 3.05) is 0 Å². The van der Waals surface area contributed by atoms with E-state index in [2.05, 4.69) is 468 Å². The van der Waals surface area contributed by atoms with Gasteiger partial charge in [-0.15, -0.1) is 0 Å². The molecule has 9 aliphatic rings. The van der Waals surface area contributed by atoms with Crippen LogP contribution in [0.25, 0.3) is 89.0 Å². The number of hydrogen-bond acceptors (Lipinski definition) is 0. The van der Waals surface area contributed by atoms with Gasteiger partial charge in [0.2, 0.25) is 0 Å². The smallest absolute Gasteiger partial charge is 0.0683 e. The van der Waals surface area contributed by atoms with Gasteiger partial charge < -0.3 is 0 Å². The third-order valence-electron chi connectivity index (χ3n) is 27.5. The lowest BCUT2D eigenvalue weighted by molar-refractivity contribution is 0.385. The maximum atomic E-state index is 2.40. The maximum Gasteiger partial charge on any atom is 0.0728 e. The minimum atomic E-state index is -0.190. The Hall–Kier alpha value is -12.5. The molecule has 0 atom stereocenters. The highest BCUT2D eigenvalue weighted by atomic mass is 14.6. The summed E-state index contributed by atoms with van der Waals surface area (Å²) in [6, 6.07) is 135. The Labute approximate surface area is 760 Å². The minimum Gasteiger partial charge on any atom is -0.0683 e. The Balaban J connectivity index is 0.000000110. The summed E-state index contributed by atoms with van der Waals surface area (Å²) in [4.78, 5) is 0. The van der Waals surface area contributed by atoms with E-state index in [0.717, 1.165) is 17.8 Å². The summed E-state index contributed by atoms with van der Waals surface area (Å²) in [6.07, 6.45) is 8.74. The van der Waals surface area contributed by atoms with Gasteiger partial charge in [-0.25, -0.2) is 0 Å². The molecule has 0 N–H and O–H groups in total. The van der Waals surface area contributed by atoms with Crippen molar-refractivity contribution in [3.63, 3.8) is 0 Å². The van der Waals surface area contributed by atoms with Gasteiger partial charge in [0.15, 0.2) is 0 Å². The first-order valence-electron chi connectivity index (χ1n) is 47.3. The van der Waals surface area contributed by atoms with E-state index in [1.165, 1.54) is 239 Å². The van der Waals surface area contributed by atoms with E-state index in [-0.39, 0.29) is 21.7 Å². The third kappa shape index (κ3) is 14.5. The van der Waals surface area contributed by atoms with Crippen molar-refractivity contribution in [3.8, 4) is 89.0 Å². The van der Waals surface area contributed by atoms with Crippen molar-refractivity contribution in [1.82, 2.24) is 0 Å². The van der Waals surface area contributed by atoms with Crippen molar-refractivity contribution < 1.29 is 0 Å². The molecule has 127 heavy (non-hydrogen) atoms. The fraction of sp³-hybridized carbons (Fsp3) is 0.244. The second-order valence-corrected chi connectivity index (χ2v) is 38.9. The Morgan fingerprint density at radius 3 is 0.811 bits per heavy atom. The second kappa shape index (κ2) is 35.7. The highest BCUT2D eigenvalue weighted by molar-refractivity contribution is 6.00. The monoisotopic (exact) mass is 1650 g/mol. The lowest BCUT2D eigenvalue weighted by Gasteiger charge is -2.31. The van der Waals surface area contributed by atoms with E-state index in [9.17, 15) is 0 Å². The SMILES string of the molecule is CC.CC(C)(C)C.CC(C)C.CC1CCCCC1.CCC(C)C.Cc1ccc2c(c1)-c1ccccc1C21c2ccccc2-c2ccccc21.Cc1ccc2c(c1)C1(c3ccccc3-c3ccccc31)c1ccccc1-2.Cc1cccc2c1-c1ccccc1C21c2ccccc2-c2ccccc21.Cc1cccc2c1C1(c3ccccc3-c3ccccc31)c1ccccc1-2. The van der Waals surface area contributed by atoms with Gasteiger partial charge in [0.1, 0.15) is 0 Å². The first-order valence-corrected chi connectivity index (χ1v) is 47.3. The normalized spacial score (nSPS) is 14.6. The van der Waals surface area contributed by atoms with E-state index < -0.39 is 0 Å². The Bertz CT molecular complexity index is 6390. The molecule has 0 heterocycles. The van der Waals surface area contributed by atoms with Crippen molar-refractivity contribution in [2.45, 2.75) is 178 Å². The minimum absolute atomic E-state index is 0.188. The summed E-state index contributed by atoms with van der Waals surface area (Å²) in [5, 5.41) is 0. The summed E-state index contributed by atoms with van der Waals surface area (Å²) >= 11 is 0. The molecule has 0 aliphatic heterocycles. The van der Waals surface area contributed by atoms with Crippen molar-refractivity contribution in [3.05, 3.63) is 475 Å². The standard InChI is InChI=1S/4C26H18.C7H14.2C5H12.C4H10.C2H6/c1-17-9-8-13-21-20-12-4-7-16-24(20)26(25(17)21)22-14-5-2-10-18(22)19-11-3-6-15-23(19)26;1-17-9-8-16-24-25(17)20-12-4-7-15-23(20)26(24)21-13-5-2-10-18(21)19-11-3-6-14-22(19)26;1-17-14-15-25-21(16-17)20-10-4-7-13-24(20)26(25)22-11-5-2-8-18(22)19-9-3-6-12-23(19)26;1-17-14-15-21-20-10-4-7-13-24(20)26(25(21)16-17)22-11-5-2-8-18(22)19-9-3-6-12-23(19)26;1-7-5-3-2-4-6-7;1-5(2,3)4;1-4-5(2)3;1-4(2)3;1-2/h4*2-16H,1H3;7H,2-6H2,1H3;1-4H3;5H,4H2,1-3H3;4H,1-3H3;1-2H3. The van der Waals surface area contributed by atoms with Gasteiger partial charge in [0.25, 0.3) is 0 Å². The van der Waals surface area contributed by atoms with Gasteiger partial charge in [0, 0.05) is 0 Å². The molecule has 0 saturated heterocycles. The van der Waals surface area contributed by atoms with Gasteiger partial charge in [-0.3, -0.25) is 0 Å². The van der Waals surface area contributed by atoms with Crippen molar-refractivity contribution >= 4 is 0 Å². The zero-order chi connectivity index (χ0) is 88.7. The molecule has 25 rings (SSSR count). The molecular formula is C127H126. The van der Waals surface area contributed by atoms with Gasteiger partial charge in [-0.1, -0.05) is 504 Å². The van der Waals surface area contributed by atoms with Crippen LogP contribution in [0.5, 0.6) is 0 Å². The molecule has 1 fully saturated rings. The van der Waals surface area contributed by atoms with Crippen LogP contribution in [0.3, 0.4) is 0 Å². The molecule has 0 unspecified atom stereocenters. The van der Waals surface area contributed by atoms with E-state index in [1.54, 1.807) is 0 Å². The average molecular weight is 1650 g/mol. The number of benzene rings is 16. The molecular weight excluding hydrogens is 1530 g/mol. The van der Waals surface area contributed by atoms with E-state index >= 15 is 0 Å². The van der Waals surface area contributed by atoms with Gasteiger partial charge >= 0.3 is 0 Å². The molecule has 0 bridgehead atoms. The average Bonchev–Trinajstić information content (AvgIpc) is 1.53. The zero-order valence-electron chi connectivity index (χ0n) is 78.1. The Morgan fingerprint density at radius 1 is 0.252 bits per heavy atom. The largest absolute Gasteiger partial charge is 0.0728 e. The van der Waals surface area contributed by atoms with E-state index in [1.807, 2.05) is 13.8 Å². The number of fused-ring (bicyclic) bond motifs is 40. The molecule has 0 amide bonds. The van der Waals surface area contributed by atoms with Gasteiger partial charge in [-0.05, 0) is 240 Å². The quantitative estimate of drug-likeness (QED) is 0.154. The van der Waals surface area contributed by atoms with Gasteiger partial charge in [-0.2, -0.15) is 0 Å². The molecule has 0 radical (unpaired) electrons. The van der Waals surface area contributed by atoms with Crippen LogP contribution in [0.1, 0.15) is 240 Å². The summed E-state index contributed by atoms with van der Waals surface area (Å²) in [5.74, 6) is 2.75. The van der Waals surface area contributed by atoms with Crippen LogP contribution in [-0.2, 0) is 21.7 Å². The molecule has 16 aromatic carbocycles. The summed E-state index contributed by atoms with van der Waals surface area (Å²) < 4.78 is 0. The number of rotatable bonds is 1. The lowest BCUT2D eigenvalue weighted by atomic mass is 9.69. The molecule has 4 spiro atoms. The highest BCUT2D eigenvalue weighted by Crippen LogP contribution is 2.68. The fourth-order valence-electron chi connectivity index (χ4n) is 22.4. The molecule has 0 nitrogen and oxygen atoms in total. The van der Waals surface area contributed by atoms with Crippen LogP contribution < -0.4 is 0 Å². The van der Waals surface area contributed by atoms with E-state index in [4.69, 9.17) is 0 Å².